The Kier molecular flexibility index (Phi) is 4.64. The number of thiazole rings is 1. The molecule has 2 aromatic carbocycles. The number of hydrogen-bond acceptors (Lipinski definition) is 4. The lowest BCUT2D eigenvalue weighted by molar-refractivity contribution is 0.0946. The third kappa shape index (κ3) is 3.44. The SMILES string of the molecule is COc1ccc(CNC(=O)c2csc(-c3cc4ccccc4n3C)n2)cc1. The van der Waals surface area contributed by atoms with Crippen LogP contribution >= 0.6 is 11.3 Å². The number of rotatable bonds is 5. The molecule has 2 heterocycles. The number of ether oxygens (including phenoxy) is 1. The molecule has 6 heteroatoms. The van der Waals surface area contributed by atoms with E-state index in [9.17, 15) is 4.79 Å². The van der Waals surface area contributed by atoms with Crippen LogP contribution in [0, 0.1) is 0 Å². The maximum Gasteiger partial charge on any atom is 0.271 e. The first-order valence-corrected chi connectivity index (χ1v) is 9.45. The Bertz CT molecular complexity index is 1100. The molecule has 0 bridgehead atoms. The molecule has 4 rings (SSSR count). The molecule has 1 amide bonds. The Morgan fingerprint density at radius 2 is 1.96 bits per heavy atom. The van der Waals surface area contributed by atoms with Crippen molar-refractivity contribution in [3.63, 3.8) is 0 Å². The number of aromatic nitrogens is 2. The minimum absolute atomic E-state index is 0.174. The van der Waals surface area contributed by atoms with Crippen LogP contribution in [0.5, 0.6) is 5.75 Å². The highest BCUT2D eigenvalue weighted by Crippen LogP contribution is 2.29. The van der Waals surface area contributed by atoms with Crippen molar-refractivity contribution in [2.75, 3.05) is 7.11 Å². The normalized spacial score (nSPS) is 10.9. The highest BCUT2D eigenvalue weighted by molar-refractivity contribution is 7.13. The Morgan fingerprint density at radius 3 is 2.70 bits per heavy atom. The summed E-state index contributed by atoms with van der Waals surface area (Å²) in [6, 6.07) is 17.9. The minimum atomic E-state index is -0.174. The number of carbonyl (C=O) groups excluding carboxylic acids is 1. The molecule has 0 unspecified atom stereocenters. The van der Waals surface area contributed by atoms with E-state index in [1.165, 1.54) is 11.3 Å². The molecule has 2 aromatic heterocycles. The maximum absolute atomic E-state index is 12.4. The predicted molar refractivity (Wildman–Crippen MR) is 108 cm³/mol. The topological polar surface area (TPSA) is 56.1 Å². The monoisotopic (exact) mass is 377 g/mol. The fourth-order valence-electron chi connectivity index (χ4n) is 3.01. The van der Waals surface area contributed by atoms with E-state index in [-0.39, 0.29) is 5.91 Å². The van der Waals surface area contributed by atoms with Gasteiger partial charge in [-0.1, -0.05) is 30.3 Å². The van der Waals surface area contributed by atoms with Crippen molar-refractivity contribution in [1.82, 2.24) is 14.9 Å². The maximum atomic E-state index is 12.4. The molecule has 0 saturated heterocycles. The van der Waals surface area contributed by atoms with E-state index in [4.69, 9.17) is 4.74 Å². The van der Waals surface area contributed by atoms with Crippen molar-refractivity contribution in [3.05, 3.63) is 71.2 Å². The number of hydrogen-bond donors (Lipinski definition) is 1. The van der Waals surface area contributed by atoms with E-state index in [1.54, 1.807) is 12.5 Å². The first kappa shape index (κ1) is 17.3. The first-order chi connectivity index (χ1) is 13.2. The third-order valence-corrected chi connectivity index (χ3v) is 5.38. The van der Waals surface area contributed by atoms with Crippen LogP contribution in [0.15, 0.2) is 60.0 Å². The molecule has 5 nitrogen and oxygen atoms in total. The van der Waals surface area contributed by atoms with E-state index in [1.807, 2.05) is 43.4 Å². The van der Waals surface area contributed by atoms with E-state index >= 15 is 0 Å². The number of aryl methyl sites for hydroxylation is 1. The highest BCUT2D eigenvalue weighted by atomic mass is 32.1. The van der Waals surface area contributed by atoms with Gasteiger partial charge in [0.15, 0.2) is 0 Å². The van der Waals surface area contributed by atoms with Gasteiger partial charge in [-0.3, -0.25) is 4.79 Å². The van der Waals surface area contributed by atoms with E-state index in [0.717, 1.165) is 32.9 Å². The molecule has 0 spiro atoms. The van der Waals surface area contributed by atoms with Gasteiger partial charge >= 0.3 is 0 Å². The summed E-state index contributed by atoms with van der Waals surface area (Å²) in [5, 5.41) is 6.72. The number of methoxy groups -OCH3 is 1. The van der Waals surface area contributed by atoms with E-state index < -0.39 is 0 Å². The van der Waals surface area contributed by atoms with Crippen molar-refractivity contribution in [2.45, 2.75) is 6.54 Å². The number of nitrogens with zero attached hydrogens (tertiary/aromatic N) is 2. The van der Waals surface area contributed by atoms with Gasteiger partial charge in [-0.05, 0) is 29.8 Å². The van der Waals surface area contributed by atoms with Gasteiger partial charge in [0.2, 0.25) is 0 Å². The number of carbonyl (C=O) groups is 1. The molecule has 1 N–H and O–H groups in total. The summed E-state index contributed by atoms with van der Waals surface area (Å²) in [6.45, 7) is 0.448. The summed E-state index contributed by atoms with van der Waals surface area (Å²) in [6.07, 6.45) is 0. The third-order valence-electron chi connectivity index (χ3n) is 4.52. The first-order valence-electron chi connectivity index (χ1n) is 8.57. The van der Waals surface area contributed by atoms with Crippen LogP contribution in [-0.2, 0) is 13.6 Å². The van der Waals surface area contributed by atoms with Gasteiger partial charge < -0.3 is 14.6 Å². The molecule has 136 valence electrons. The fraction of sp³-hybridized carbons (Fsp3) is 0.143. The van der Waals surface area contributed by atoms with Crippen molar-refractivity contribution in [1.29, 1.82) is 0 Å². The lowest BCUT2D eigenvalue weighted by atomic mass is 10.2. The molecule has 0 atom stereocenters. The molecule has 0 radical (unpaired) electrons. The van der Waals surface area contributed by atoms with Gasteiger partial charge in [0.05, 0.1) is 12.8 Å². The Balaban J connectivity index is 1.49. The average Bonchev–Trinajstić information content (AvgIpc) is 3.32. The lowest BCUT2D eigenvalue weighted by Gasteiger charge is -2.05. The lowest BCUT2D eigenvalue weighted by Crippen LogP contribution is -2.23. The zero-order valence-electron chi connectivity index (χ0n) is 15.1. The Hall–Kier alpha value is -3.12. The summed E-state index contributed by atoms with van der Waals surface area (Å²) >= 11 is 1.48. The standard InChI is InChI=1S/C21H19N3O2S/c1-24-18-6-4-3-5-15(18)11-19(24)21-23-17(13-27-21)20(25)22-12-14-7-9-16(26-2)10-8-14/h3-11,13H,12H2,1-2H3,(H,22,25). The van der Waals surface area contributed by atoms with Gasteiger partial charge in [0, 0.05) is 29.9 Å². The van der Waals surface area contributed by atoms with Crippen molar-refractivity contribution in [3.8, 4) is 16.5 Å². The second kappa shape index (κ2) is 7.25. The zero-order chi connectivity index (χ0) is 18.8. The van der Waals surface area contributed by atoms with Crippen molar-refractivity contribution in [2.24, 2.45) is 7.05 Å². The van der Waals surface area contributed by atoms with Crippen LogP contribution in [0.3, 0.4) is 0 Å². The molecular formula is C21H19N3O2S. The summed E-state index contributed by atoms with van der Waals surface area (Å²) < 4.78 is 7.25. The van der Waals surface area contributed by atoms with E-state index in [0.29, 0.717) is 12.2 Å². The van der Waals surface area contributed by atoms with Crippen LogP contribution in [0.25, 0.3) is 21.6 Å². The van der Waals surface area contributed by atoms with Crippen LogP contribution in [0.2, 0.25) is 0 Å². The number of fused-ring (bicyclic) bond motifs is 1. The number of benzene rings is 2. The molecule has 0 aliphatic carbocycles. The Labute approximate surface area is 161 Å². The summed E-state index contributed by atoms with van der Waals surface area (Å²) in [7, 11) is 3.65. The number of nitrogens with one attached hydrogen (secondary N) is 1. The molecule has 27 heavy (non-hydrogen) atoms. The van der Waals surface area contributed by atoms with Crippen molar-refractivity contribution < 1.29 is 9.53 Å². The molecule has 4 aromatic rings. The highest BCUT2D eigenvalue weighted by Gasteiger charge is 2.15. The van der Waals surface area contributed by atoms with Gasteiger partial charge in [-0.25, -0.2) is 4.98 Å². The summed E-state index contributed by atoms with van der Waals surface area (Å²) in [4.78, 5) is 17.0. The largest absolute Gasteiger partial charge is 0.497 e. The number of para-hydroxylation sites is 1. The molecular weight excluding hydrogens is 358 g/mol. The average molecular weight is 377 g/mol. The second-order valence-electron chi connectivity index (χ2n) is 6.22. The Morgan fingerprint density at radius 1 is 1.19 bits per heavy atom. The summed E-state index contributed by atoms with van der Waals surface area (Å²) in [5.74, 6) is 0.622. The van der Waals surface area contributed by atoms with Crippen LogP contribution in [-0.4, -0.2) is 22.6 Å². The molecule has 0 saturated carbocycles. The van der Waals surface area contributed by atoms with E-state index in [2.05, 4.69) is 33.1 Å². The van der Waals surface area contributed by atoms with Gasteiger partial charge in [0.25, 0.3) is 5.91 Å². The minimum Gasteiger partial charge on any atom is -0.497 e. The smallest absolute Gasteiger partial charge is 0.271 e. The summed E-state index contributed by atoms with van der Waals surface area (Å²) in [5.41, 5.74) is 3.60. The van der Waals surface area contributed by atoms with Crippen LogP contribution in [0.4, 0.5) is 0 Å². The molecule has 0 aliphatic heterocycles. The molecule has 0 aliphatic rings. The predicted octanol–water partition coefficient (Wildman–Crippen LogP) is 4.24. The van der Waals surface area contributed by atoms with Crippen LogP contribution in [0.1, 0.15) is 16.1 Å². The van der Waals surface area contributed by atoms with Gasteiger partial charge in [-0.2, -0.15) is 0 Å². The second-order valence-corrected chi connectivity index (χ2v) is 7.07. The van der Waals surface area contributed by atoms with Gasteiger partial charge in [0.1, 0.15) is 16.5 Å². The molecule has 0 fully saturated rings. The zero-order valence-corrected chi connectivity index (χ0v) is 15.9. The fourth-order valence-corrected chi connectivity index (χ4v) is 3.86. The van der Waals surface area contributed by atoms with Crippen molar-refractivity contribution >= 4 is 28.1 Å². The van der Waals surface area contributed by atoms with Gasteiger partial charge in [-0.15, -0.1) is 11.3 Å². The number of amides is 1. The quantitative estimate of drug-likeness (QED) is 0.566. The van der Waals surface area contributed by atoms with Crippen LogP contribution < -0.4 is 10.1 Å².